The molecule has 4 aromatic carbocycles. The van der Waals surface area contributed by atoms with E-state index in [4.69, 9.17) is 23.2 Å². The molecule has 0 aliphatic heterocycles. The summed E-state index contributed by atoms with van der Waals surface area (Å²) in [6.07, 6.45) is 0.215. The fraction of sp³-hybridized carbons (Fsp3) is 0.257. The maximum Gasteiger partial charge on any atom is 0.264 e. The van der Waals surface area contributed by atoms with Gasteiger partial charge in [-0.05, 0) is 80.8 Å². The summed E-state index contributed by atoms with van der Waals surface area (Å²) >= 11 is 12.7. The minimum atomic E-state index is -4.24. The molecule has 1 atom stereocenters. The van der Waals surface area contributed by atoms with Gasteiger partial charge >= 0.3 is 0 Å². The van der Waals surface area contributed by atoms with Crippen LogP contribution in [0, 0.1) is 13.8 Å². The number of rotatable bonds is 12. The summed E-state index contributed by atoms with van der Waals surface area (Å²) in [6.45, 7) is 6.71. The van der Waals surface area contributed by atoms with Crippen molar-refractivity contribution in [3.63, 3.8) is 0 Å². The van der Waals surface area contributed by atoms with E-state index in [9.17, 15) is 18.0 Å². The standard InChI is InChI=1S/C35H37Cl2N3O4S/c1-24(2)38-35(42)33(21-27-10-6-5-7-11-27)39(22-28-12-8-13-29(36)20-28)34(41)23-40(32-15-9-14-31(37)26(32)4)45(43,44)30-18-16-25(3)17-19-30/h5-20,24,33H,21-23H2,1-4H3,(H,38,42)/t33-/m0/s1. The number of halogens is 2. The molecule has 0 fully saturated rings. The van der Waals surface area contributed by atoms with E-state index in [0.29, 0.717) is 21.2 Å². The molecule has 236 valence electrons. The highest BCUT2D eigenvalue weighted by molar-refractivity contribution is 7.92. The monoisotopic (exact) mass is 665 g/mol. The molecule has 0 aliphatic carbocycles. The number of hydrogen-bond donors (Lipinski definition) is 1. The zero-order valence-electron chi connectivity index (χ0n) is 25.7. The number of hydrogen-bond acceptors (Lipinski definition) is 4. The topological polar surface area (TPSA) is 86.8 Å². The van der Waals surface area contributed by atoms with Crippen LogP contribution in [0.4, 0.5) is 5.69 Å². The molecule has 0 saturated carbocycles. The first-order valence-electron chi connectivity index (χ1n) is 14.6. The minimum Gasteiger partial charge on any atom is -0.352 e. The number of nitrogens with zero attached hydrogens (tertiary/aromatic N) is 2. The highest BCUT2D eigenvalue weighted by Gasteiger charge is 2.35. The molecule has 4 aromatic rings. The van der Waals surface area contributed by atoms with Crippen molar-refractivity contribution < 1.29 is 18.0 Å². The number of amides is 2. The van der Waals surface area contributed by atoms with E-state index < -0.39 is 28.5 Å². The minimum absolute atomic E-state index is 0.0232. The Balaban J connectivity index is 1.84. The van der Waals surface area contributed by atoms with Gasteiger partial charge in [0, 0.05) is 29.1 Å². The predicted molar refractivity (Wildman–Crippen MR) is 181 cm³/mol. The molecule has 1 N–H and O–H groups in total. The van der Waals surface area contributed by atoms with Gasteiger partial charge in [0.25, 0.3) is 10.0 Å². The fourth-order valence-electron chi connectivity index (χ4n) is 4.98. The Morgan fingerprint density at radius 2 is 1.47 bits per heavy atom. The average molecular weight is 667 g/mol. The van der Waals surface area contributed by atoms with Crippen LogP contribution in [0.5, 0.6) is 0 Å². The second-order valence-corrected chi connectivity index (χ2v) is 13.9. The number of nitrogens with one attached hydrogen (secondary N) is 1. The SMILES string of the molecule is Cc1ccc(S(=O)(=O)N(CC(=O)N(Cc2cccc(Cl)c2)[C@@H](Cc2ccccc2)C(=O)NC(C)C)c2cccc(Cl)c2C)cc1. The van der Waals surface area contributed by atoms with Crippen LogP contribution in [0.2, 0.25) is 10.0 Å². The van der Waals surface area contributed by atoms with E-state index in [1.54, 1.807) is 55.5 Å². The maximum atomic E-state index is 14.5. The van der Waals surface area contributed by atoms with Gasteiger partial charge in [0.2, 0.25) is 11.8 Å². The number of sulfonamides is 1. The van der Waals surface area contributed by atoms with E-state index in [0.717, 1.165) is 15.4 Å². The molecule has 0 aromatic heterocycles. The number of carbonyl (C=O) groups is 2. The zero-order chi connectivity index (χ0) is 32.7. The molecule has 2 amide bonds. The van der Waals surface area contributed by atoms with Gasteiger partial charge in [0.15, 0.2) is 0 Å². The van der Waals surface area contributed by atoms with Gasteiger partial charge in [0.05, 0.1) is 10.6 Å². The summed E-state index contributed by atoms with van der Waals surface area (Å²) in [5.41, 5.74) is 3.20. The zero-order valence-corrected chi connectivity index (χ0v) is 28.0. The van der Waals surface area contributed by atoms with Crippen LogP contribution in [-0.2, 0) is 32.6 Å². The lowest BCUT2D eigenvalue weighted by Crippen LogP contribution is -2.54. The van der Waals surface area contributed by atoms with Gasteiger partial charge in [-0.25, -0.2) is 8.42 Å². The van der Waals surface area contributed by atoms with Crippen LogP contribution < -0.4 is 9.62 Å². The smallest absolute Gasteiger partial charge is 0.264 e. The lowest BCUT2D eigenvalue weighted by Gasteiger charge is -2.34. The summed E-state index contributed by atoms with van der Waals surface area (Å²) in [7, 11) is -4.24. The largest absolute Gasteiger partial charge is 0.352 e. The fourth-order valence-corrected chi connectivity index (χ4v) is 6.84. The molecule has 0 spiro atoms. The molecule has 7 nitrogen and oxygen atoms in total. The van der Waals surface area contributed by atoms with Crippen molar-refractivity contribution in [3.05, 3.63) is 129 Å². The third-order valence-corrected chi connectivity index (χ3v) is 9.76. The molecular weight excluding hydrogens is 629 g/mol. The summed E-state index contributed by atoms with van der Waals surface area (Å²) in [5, 5.41) is 3.79. The van der Waals surface area contributed by atoms with E-state index in [1.807, 2.05) is 57.2 Å². The second kappa shape index (κ2) is 15.0. The van der Waals surface area contributed by atoms with Crippen molar-refractivity contribution in [2.45, 2.75) is 57.6 Å². The molecule has 4 rings (SSSR count). The maximum absolute atomic E-state index is 14.5. The summed E-state index contributed by atoms with van der Waals surface area (Å²) in [5.74, 6) is -0.916. The van der Waals surface area contributed by atoms with E-state index in [2.05, 4.69) is 5.32 Å². The Bertz CT molecular complexity index is 1750. The number of aryl methyl sites for hydroxylation is 1. The van der Waals surface area contributed by atoms with Gasteiger partial charge < -0.3 is 10.2 Å². The first-order chi connectivity index (χ1) is 21.4. The third kappa shape index (κ3) is 8.66. The van der Waals surface area contributed by atoms with Crippen LogP contribution >= 0.6 is 23.2 Å². The van der Waals surface area contributed by atoms with Crippen molar-refractivity contribution in [3.8, 4) is 0 Å². The molecular formula is C35H37Cl2N3O4S. The Morgan fingerprint density at radius 3 is 2.11 bits per heavy atom. The molecule has 45 heavy (non-hydrogen) atoms. The second-order valence-electron chi connectivity index (χ2n) is 11.2. The van der Waals surface area contributed by atoms with Gasteiger partial charge in [-0.2, -0.15) is 0 Å². The van der Waals surface area contributed by atoms with Crippen LogP contribution in [-0.4, -0.2) is 43.8 Å². The Kier molecular flexibility index (Phi) is 11.3. The van der Waals surface area contributed by atoms with Crippen molar-refractivity contribution >= 4 is 50.7 Å². The highest BCUT2D eigenvalue weighted by Crippen LogP contribution is 2.31. The highest BCUT2D eigenvalue weighted by atomic mass is 35.5. The molecule has 10 heteroatoms. The van der Waals surface area contributed by atoms with Gasteiger partial charge in [-0.1, -0.05) is 89.4 Å². The quantitative estimate of drug-likeness (QED) is 0.177. The first kappa shape index (κ1) is 34.0. The Hall–Kier alpha value is -3.85. The number of benzene rings is 4. The molecule has 0 heterocycles. The van der Waals surface area contributed by atoms with E-state index in [1.165, 1.54) is 17.0 Å². The van der Waals surface area contributed by atoms with Crippen molar-refractivity contribution in [2.24, 2.45) is 0 Å². The van der Waals surface area contributed by atoms with Gasteiger partial charge in [-0.15, -0.1) is 0 Å². The molecule has 0 bridgehead atoms. The molecule has 0 unspecified atom stereocenters. The molecule has 0 radical (unpaired) electrons. The van der Waals surface area contributed by atoms with Crippen LogP contribution in [0.25, 0.3) is 0 Å². The molecule has 0 saturated heterocycles. The Morgan fingerprint density at radius 1 is 0.822 bits per heavy atom. The van der Waals surface area contributed by atoms with Gasteiger partial charge in [0.1, 0.15) is 12.6 Å². The van der Waals surface area contributed by atoms with Crippen molar-refractivity contribution in [1.82, 2.24) is 10.2 Å². The first-order valence-corrected chi connectivity index (χ1v) is 16.8. The van der Waals surface area contributed by atoms with E-state index >= 15 is 0 Å². The normalized spacial score (nSPS) is 12.1. The predicted octanol–water partition coefficient (Wildman–Crippen LogP) is 6.97. The lowest BCUT2D eigenvalue weighted by atomic mass is 10.0. The van der Waals surface area contributed by atoms with Gasteiger partial charge in [-0.3, -0.25) is 13.9 Å². The Labute approximate surface area is 275 Å². The van der Waals surface area contributed by atoms with Crippen LogP contribution in [0.15, 0.2) is 102 Å². The van der Waals surface area contributed by atoms with Crippen LogP contribution in [0.1, 0.15) is 36.1 Å². The lowest BCUT2D eigenvalue weighted by molar-refractivity contribution is -0.140. The third-order valence-electron chi connectivity index (χ3n) is 7.34. The summed E-state index contributed by atoms with van der Waals surface area (Å²) in [6, 6.07) is 26.6. The van der Waals surface area contributed by atoms with Crippen molar-refractivity contribution in [2.75, 3.05) is 10.8 Å². The summed E-state index contributed by atoms with van der Waals surface area (Å²) in [4.78, 5) is 29.8. The number of carbonyl (C=O) groups excluding carboxylic acids is 2. The summed E-state index contributed by atoms with van der Waals surface area (Å²) < 4.78 is 29.5. The van der Waals surface area contributed by atoms with Crippen molar-refractivity contribution in [1.29, 1.82) is 0 Å². The number of anilines is 1. The van der Waals surface area contributed by atoms with E-state index in [-0.39, 0.29) is 35.5 Å². The van der Waals surface area contributed by atoms with Crippen LogP contribution in [0.3, 0.4) is 0 Å². The molecule has 0 aliphatic rings. The average Bonchev–Trinajstić information content (AvgIpc) is 2.99.